The van der Waals surface area contributed by atoms with E-state index in [-0.39, 0.29) is 11.8 Å². The van der Waals surface area contributed by atoms with Gasteiger partial charge in [-0.25, -0.2) is 0 Å². The molecule has 2 heterocycles. The molecule has 0 aliphatic carbocycles. The van der Waals surface area contributed by atoms with Crippen molar-refractivity contribution in [2.75, 3.05) is 13.6 Å². The van der Waals surface area contributed by atoms with Crippen molar-refractivity contribution in [1.82, 2.24) is 20.0 Å². The first-order valence-electron chi connectivity index (χ1n) is 9.04. The van der Waals surface area contributed by atoms with Crippen molar-refractivity contribution in [3.63, 3.8) is 0 Å². The maximum absolute atomic E-state index is 12.7. The van der Waals surface area contributed by atoms with Crippen molar-refractivity contribution in [2.24, 2.45) is 7.05 Å². The molecule has 138 valence electrons. The van der Waals surface area contributed by atoms with Gasteiger partial charge in [-0.05, 0) is 37.1 Å². The molecular formula is C21H22N4O2. The zero-order valence-electron chi connectivity index (χ0n) is 15.7. The molecule has 0 saturated carbocycles. The quantitative estimate of drug-likeness (QED) is 0.778. The first kappa shape index (κ1) is 17.3. The first-order valence-corrected chi connectivity index (χ1v) is 9.04. The molecule has 2 amide bonds. The van der Waals surface area contributed by atoms with Gasteiger partial charge in [-0.2, -0.15) is 5.10 Å². The van der Waals surface area contributed by atoms with E-state index >= 15 is 0 Å². The first-order chi connectivity index (χ1) is 13.0. The monoisotopic (exact) mass is 362 g/mol. The van der Waals surface area contributed by atoms with Gasteiger partial charge in [-0.3, -0.25) is 14.3 Å². The number of aryl methyl sites for hydroxylation is 2. The standard InChI is InChI=1S/C21H22N4O2/c1-13-6-4-9-17-18(13)19(23-25(17)3)14-7-5-8-15(12-14)20(26)22-16-10-11-24(2)21(16)27/h4-9,12,16H,10-11H2,1-3H3,(H,22,26)/t16-/m1/s1. The minimum atomic E-state index is -0.441. The van der Waals surface area contributed by atoms with Crippen LogP contribution in [0.15, 0.2) is 42.5 Å². The highest BCUT2D eigenvalue weighted by atomic mass is 16.2. The van der Waals surface area contributed by atoms with Crippen LogP contribution in [0, 0.1) is 6.92 Å². The molecular weight excluding hydrogens is 340 g/mol. The van der Waals surface area contributed by atoms with Crippen molar-refractivity contribution in [1.29, 1.82) is 0 Å². The number of nitrogens with one attached hydrogen (secondary N) is 1. The lowest BCUT2D eigenvalue weighted by molar-refractivity contribution is -0.128. The Labute approximate surface area is 157 Å². The third-order valence-electron chi connectivity index (χ3n) is 5.22. The van der Waals surface area contributed by atoms with Gasteiger partial charge in [-0.15, -0.1) is 0 Å². The largest absolute Gasteiger partial charge is 0.344 e. The molecule has 1 aliphatic rings. The fraction of sp³-hybridized carbons (Fsp3) is 0.286. The van der Waals surface area contributed by atoms with Crippen LogP contribution < -0.4 is 5.32 Å². The minimum Gasteiger partial charge on any atom is -0.344 e. The molecule has 1 atom stereocenters. The van der Waals surface area contributed by atoms with Crippen LogP contribution in [0.3, 0.4) is 0 Å². The predicted octanol–water partition coefficient (Wildman–Crippen LogP) is 2.51. The lowest BCUT2D eigenvalue weighted by Gasteiger charge is -2.12. The molecule has 0 radical (unpaired) electrons. The Hall–Kier alpha value is -3.15. The minimum absolute atomic E-state index is 0.0363. The van der Waals surface area contributed by atoms with Gasteiger partial charge in [0.05, 0.1) is 5.52 Å². The normalized spacial score (nSPS) is 16.9. The molecule has 27 heavy (non-hydrogen) atoms. The summed E-state index contributed by atoms with van der Waals surface area (Å²) in [4.78, 5) is 26.4. The summed E-state index contributed by atoms with van der Waals surface area (Å²) < 4.78 is 1.86. The number of amides is 2. The smallest absolute Gasteiger partial charge is 0.251 e. The van der Waals surface area contributed by atoms with Crippen LogP contribution in [0.1, 0.15) is 22.3 Å². The van der Waals surface area contributed by atoms with Gasteiger partial charge >= 0.3 is 0 Å². The summed E-state index contributed by atoms with van der Waals surface area (Å²) in [7, 11) is 3.67. The number of likely N-dealkylation sites (N-methyl/N-ethyl adjacent to an activating group) is 1. The van der Waals surface area contributed by atoms with Gasteiger partial charge < -0.3 is 10.2 Å². The number of likely N-dealkylation sites (tertiary alicyclic amines) is 1. The second-order valence-electron chi connectivity index (χ2n) is 7.10. The Morgan fingerprint density at radius 1 is 1.19 bits per heavy atom. The molecule has 0 bridgehead atoms. The lowest BCUT2D eigenvalue weighted by Crippen LogP contribution is -2.40. The van der Waals surface area contributed by atoms with Gasteiger partial charge in [0.2, 0.25) is 5.91 Å². The molecule has 3 aromatic rings. The third kappa shape index (κ3) is 2.97. The number of benzene rings is 2. The van der Waals surface area contributed by atoms with Crippen LogP contribution in [-0.2, 0) is 11.8 Å². The predicted molar refractivity (Wildman–Crippen MR) is 104 cm³/mol. The van der Waals surface area contributed by atoms with E-state index in [9.17, 15) is 9.59 Å². The molecule has 1 saturated heterocycles. The summed E-state index contributed by atoms with van der Waals surface area (Å²) >= 11 is 0. The molecule has 0 unspecified atom stereocenters. The van der Waals surface area contributed by atoms with Crippen LogP contribution in [0.25, 0.3) is 22.2 Å². The average molecular weight is 362 g/mol. The Bertz CT molecular complexity index is 1050. The Morgan fingerprint density at radius 2 is 1.96 bits per heavy atom. The van der Waals surface area contributed by atoms with E-state index in [0.29, 0.717) is 18.5 Å². The topological polar surface area (TPSA) is 67.2 Å². The lowest BCUT2D eigenvalue weighted by atomic mass is 10.0. The summed E-state index contributed by atoms with van der Waals surface area (Å²) in [5.41, 5.74) is 4.47. The van der Waals surface area contributed by atoms with E-state index in [4.69, 9.17) is 0 Å². The summed E-state index contributed by atoms with van der Waals surface area (Å²) in [5.74, 6) is -0.270. The molecule has 1 aliphatic heterocycles. The van der Waals surface area contributed by atoms with E-state index in [2.05, 4.69) is 23.4 Å². The Kier molecular flexibility index (Phi) is 4.18. The Morgan fingerprint density at radius 3 is 2.70 bits per heavy atom. The van der Waals surface area contributed by atoms with Crippen LogP contribution in [-0.4, -0.2) is 46.1 Å². The van der Waals surface area contributed by atoms with Crippen molar-refractivity contribution in [2.45, 2.75) is 19.4 Å². The number of carbonyl (C=O) groups excluding carboxylic acids is 2. The molecule has 4 rings (SSSR count). The number of hydrogen-bond acceptors (Lipinski definition) is 3. The maximum atomic E-state index is 12.7. The van der Waals surface area contributed by atoms with Gasteiger partial charge in [0.25, 0.3) is 5.91 Å². The van der Waals surface area contributed by atoms with E-state index in [1.54, 1.807) is 18.0 Å². The van der Waals surface area contributed by atoms with Crippen LogP contribution in [0.2, 0.25) is 0 Å². The number of fused-ring (bicyclic) bond motifs is 1. The summed E-state index contributed by atoms with van der Waals surface area (Å²) in [5, 5.41) is 8.61. The summed E-state index contributed by atoms with van der Waals surface area (Å²) in [6.07, 6.45) is 0.644. The highest BCUT2D eigenvalue weighted by molar-refractivity contribution is 6.00. The molecule has 6 heteroatoms. The third-order valence-corrected chi connectivity index (χ3v) is 5.22. The maximum Gasteiger partial charge on any atom is 0.251 e. The van der Waals surface area contributed by atoms with Gasteiger partial charge in [0.15, 0.2) is 0 Å². The van der Waals surface area contributed by atoms with Crippen LogP contribution >= 0.6 is 0 Å². The van der Waals surface area contributed by atoms with Crippen molar-refractivity contribution < 1.29 is 9.59 Å². The fourth-order valence-electron chi connectivity index (χ4n) is 3.69. The van der Waals surface area contributed by atoms with Gasteiger partial charge in [0.1, 0.15) is 11.7 Å². The van der Waals surface area contributed by atoms with Crippen molar-refractivity contribution >= 4 is 22.7 Å². The summed E-state index contributed by atoms with van der Waals surface area (Å²) in [6, 6.07) is 13.1. The number of carbonyl (C=O) groups is 2. The fourth-order valence-corrected chi connectivity index (χ4v) is 3.69. The van der Waals surface area contributed by atoms with Gasteiger partial charge in [0, 0.05) is 37.2 Å². The average Bonchev–Trinajstić information content (AvgIpc) is 3.17. The van der Waals surface area contributed by atoms with E-state index in [1.807, 2.05) is 42.1 Å². The summed E-state index contributed by atoms with van der Waals surface area (Å²) in [6.45, 7) is 2.73. The molecule has 1 fully saturated rings. The van der Waals surface area contributed by atoms with Crippen LogP contribution in [0.4, 0.5) is 0 Å². The zero-order chi connectivity index (χ0) is 19.1. The second-order valence-corrected chi connectivity index (χ2v) is 7.10. The number of rotatable bonds is 3. The Balaban J connectivity index is 1.68. The van der Waals surface area contributed by atoms with E-state index in [1.165, 1.54) is 0 Å². The van der Waals surface area contributed by atoms with E-state index in [0.717, 1.165) is 27.7 Å². The second kappa shape index (κ2) is 6.54. The molecule has 0 spiro atoms. The molecule has 1 aromatic heterocycles. The molecule has 1 N–H and O–H groups in total. The zero-order valence-corrected chi connectivity index (χ0v) is 15.7. The van der Waals surface area contributed by atoms with Crippen LogP contribution in [0.5, 0.6) is 0 Å². The van der Waals surface area contributed by atoms with Gasteiger partial charge in [-0.1, -0.05) is 24.3 Å². The van der Waals surface area contributed by atoms with E-state index < -0.39 is 6.04 Å². The molecule has 6 nitrogen and oxygen atoms in total. The highest BCUT2D eigenvalue weighted by Crippen LogP contribution is 2.30. The SMILES string of the molecule is Cc1cccc2c1c(-c1cccc(C(=O)N[C@@H]3CCN(C)C3=O)c1)nn2C. The van der Waals surface area contributed by atoms with Crippen molar-refractivity contribution in [3.8, 4) is 11.3 Å². The molecule has 2 aromatic carbocycles. The number of nitrogens with zero attached hydrogens (tertiary/aromatic N) is 3. The number of aromatic nitrogens is 2. The van der Waals surface area contributed by atoms with Crippen molar-refractivity contribution in [3.05, 3.63) is 53.6 Å². The highest BCUT2D eigenvalue weighted by Gasteiger charge is 2.30. The number of hydrogen-bond donors (Lipinski definition) is 1.